The summed E-state index contributed by atoms with van der Waals surface area (Å²) in [5, 5.41) is 53.2. The van der Waals surface area contributed by atoms with E-state index in [4.69, 9.17) is 14.2 Å². The fourth-order valence-electron chi connectivity index (χ4n) is 5.48. The van der Waals surface area contributed by atoms with Crippen molar-refractivity contribution in [3.63, 3.8) is 0 Å². The fraction of sp³-hybridized carbons (Fsp3) is 0.444. The lowest BCUT2D eigenvalue weighted by Gasteiger charge is -2.43. The molecule has 5 rings (SSSR count). The van der Waals surface area contributed by atoms with E-state index in [1.807, 2.05) is 31.3 Å². The number of benzene rings is 1. The number of carboxylic acids is 1. The Morgan fingerprint density at radius 2 is 1.97 bits per heavy atom. The van der Waals surface area contributed by atoms with Gasteiger partial charge < -0.3 is 49.6 Å². The molecule has 3 aliphatic heterocycles. The zero-order valence-electron chi connectivity index (χ0n) is 20.8. The highest BCUT2D eigenvalue weighted by atomic mass is 16.8. The summed E-state index contributed by atoms with van der Waals surface area (Å²) in [4.78, 5) is 17.8. The van der Waals surface area contributed by atoms with E-state index >= 15 is 0 Å². The minimum atomic E-state index is -1.63. The molecule has 8 atom stereocenters. The van der Waals surface area contributed by atoms with Crippen molar-refractivity contribution in [1.82, 2.24) is 9.88 Å². The first-order valence-corrected chi connectivity index (χ1v) is 12.4. The number of rotatable bonds is 7. The zero-order chi connectivity index (χ0) is 27.1. The van der Waals surface area contributed by atoms with E-state index in [1.54, 1.807) is 0 Å². The third-order valence-electron chi connectivity index (χ3n) is 7.62. The number of H-pyrrole nitrogens is 1. The Balaban J connectivity index is 1.50. The number of aliphatic carboxylic acids is 1. The third kappa shape index (κ3) is 4.51. The molecule has 0 aliphatic carbocycles. The maximum Gasteiger partial charge on any atom is 0.335 e. The third-order valence-corrected chi connectivity index (χ3v) is 7.62. The highest BCUT2D eigenvalue weighted by Gasteiger charge is 2.47. The number of hydrogen-bond donors (Lipinski definition) is 6. The topological polar surface area (TPSA) is 165 Å². The van der Waals surface area contributed by atoms with E-state index in [9.17, 15) is 30.3 Å². The van der Waals surface area contributed by atoms with Crippen molar-refractivity contribution in [2.24, 2.45) is 11.8 Å². The van der Waals surface area contributed by atoms with Gasteiger partial charge in [0.05, 0.1) is 23.8 Å². The van der Waals surface area contributed by atoms with E-state index in [0.717, 1.165) is 33.4 Å². The van der Waals surface area contributed by atoms with Gasteiger partial charge in [0.15, 0.2) is 6.29 Å². The van der Waals surface area contributed by atoms with Crippen LogP contribution in [0.15, 0.2) is 48.8 Å². The van der Waals surface area contributed by atoms with Gasteiger partial charge in [-0.25, -0.2) is 4.79 Å². The molecule has 1 fully saturated rings. The molecule has 0 radical (unpaired) electrons. The Bertz CT molecular complexity index is 1370. The second-order valence-electron chi connectivity index (χ2n) is 9.83. The molecule has 11 nitrogen and oxygen atoms in total. The second kappa shape index (κ2) is 10.5. The fourth-order valence-corrected chi connectivity index (χ4v) is 5.48. The minimum absolute atomic E-state index is 0.0386. The van der Waals surface area contributed by atoms with Crippen LogP contribution in [0.5, 0.6) is 0 Å². The molecule has 0 spiro atoms. The van der Waals surface area contributed by atoms with Gasteiger partial charge in [-0.05, 0) is 12.5 Å². The summed E-state index contributed by atoms with van der Waals surface area (Å²) in [5.74, 6) is -2.45. The molecular formula is C27H32N2O9. The standard InChI is InChI=1S/C27H32N2O9/c1-3-13-16(10-19-21-15(8-9-29(19)2)14-6-4-5-7-18(14)28-21)17(25(34)35)12-36-26(13)38-27-24(33)23(32)22(31)20(11-30)37-27/h3-8,12-13,16,20,22-24,26-28,30-33H,1,9-11H2,2H3,(H,34,35). The number of nitrogens with one attached hydrogen (secondary N) is 1. The van der Waals surface area contributed by atoms with Crippen LogP contribution in [0.4, 0.5) is 0 Å². The van der Waals surface area contributed by atoms with Crippen molar-refractivity contribution < 1.29 is 44.5 Å². The number of ether oxygens (including phenoxy) is 3. The summed E-state index contributed by atoms with van der Waals surface area (Å²) < 4.78 is 17.0. The van der Waals surface area contributed by atoms with Crippen molar-refractivity contribution >= 4 is 28.6 Å². The van der Waals surface area contributed by atoms with Crippen LogP contribution >= 0.6 is 0 Å². The van der Waals surface area contributed by atoms with Gasteiger partial charge in [0.2, 0.25) is 6.29 Å². The number of aromatic amines is 1. The predicted molar refractivity (Wildman–Crippen MR) is 135 cm³/mol. The van der Waals surface area contributed by atoms with E-state index in [1.165, 1.54) is 6.08 Å². The summed E-state index contributed by atoms with van der Waals surface area (Å²) in [5.41, 5.74) is 1.93. The molecule has 38 heavy (non-hydrogen) atoms. The molecule has 0 saturated carbocycles. The van der Waals surface area contributed by atoms with Crippen molar-refractivity contribution in [1.29, 1.82) is 0 Å². The largest absolute Gasteiger partial charge is 0.478 e. The van der Waals surface area contributed by atoms with Gasteiger partial charge in [0, 0.05) is 47.2 Å². The molecule has 1 aromatic heterocycles. The average Bonchev–Trinajstić information content (AvgIpc) is 3.29. The van der Waals surface area contributed by atoms with Crippen molar-refractivity contribution in [3.8, 4) is 0 Å². The van der Waals surface area contributed by atoms with Gasteiger partial charge >= 0.3 is 5.97 Å². The first-order chi connectivity index (χ1) is 18.2. The molecule has 2 aromatic rings. The number of fused-ring (bicyclic) bond motifs is 3. The Labute approximate surface area is 218 Å². The molecule has 0 bridgehead atoms. The Hall–Kier alpha value is -3.19. The summed E-state index contributed by atoms with van der Waals surface area (Å²) in [6, 6.07) is 7.96. The number of nitrogens with zero attached hydrogens (tertiary/aromatic N) is 1. The first kappa shape index (κ1) is 26.4. The summed E-state index contributed by atoms with van der Waals surface area (Å²) in [6.07, 6.45) is -3.40. The van der Waals surface area contributed by atoms with Gasteiger partial charge in [-0.3, -0.25) is 0 Å². The quantitative estimate of drug-likeness (QED) is 0.244. The van der Waals surface area contributed by atoms with E-state index < -0.39 is 61.4 Å². The lowest BCUT2D eigenvalue weighted by Crippen LogP contribution is -2.60. The number of aliphatic hydroxyl groups is 4. The van der Waals surface area contributed by atoms with Crippen LogP contribution in [0.1, 0.15) is 6.42 Å². The number of aromatic nitrogens is 1. The van der Waals surface area contributed by atoms with E-state index in [0.29, 0.717) is 13.0 Å². The molecule has 1 aromatic carbocycles. The monoisotopic (exact) mass is 528 g/mol. The van der Waals surface area contributed by atoms with Crippen LogP contribution in [0.25, 0.3) is 22.7 Å². The molecule has 3 aliphatic rings. The molecule has 0 amide bonds. The predicted octanol–water partition coefficient (Wildman–Crippen LogP) is -1.05. The highest BCUT2D eigenvalue weighted by Crippen LogP contribution is 2.38. The number of hydrogen-bond acceptors (Lipinski definition) is 9. The van der Waals surface area contributed by atoms with E-state index in [-0.39, 0.29) is 5.57 Å². The highest BCUT2D eigenvalue weighted by molar-refractivity contribution is 5.87. The lowest BCUT2D eigenvalue weighted by molar-refractivity contribution is -0.339. The van der Waals surface area contributed by atoms with Crippen LogP contribution in [0.3, 0.4) is 0 Å². The number of carboxylic acid groups (broad SMARTS) is 1. The Morgan fingerprint density at radius 1 is 1.21 bits per heavy atom. The van der Waals surface area contributed by atoms with Crippen LogP contribution in [0.2, 0.25) is 0 Å². The molecule has 8 unspecified atom stereocenters. The van der Waals surface area contributed by atoms with Crippen molar-refractivity contribution in [2.45, 2.75) is 43.4 Å². The number of aliphatic hydroxyl groups excluding tert-OH is 4. The smallest absolute Gasteiger partial charge is 0.335 e. The van der Waals surface area contributed by atoms with Crippen LogP contribution in [-0.4, -0.2) is 98.6 Å². The summed E-state index contributed by atoms with van der Waals surface area (Å²) in [6.45, 7) is 3.92. The average molecular weight is 529 g/mol. The van der Waals surface area contributed by atoms with Crippen LogP contribution in [-0.2, 0) is 19.0 Å². The van der Waals surface area contributed by atoms with Gasteiger partial charge in [-0.2, -0.15) is 0 Å². The molecule has 6 N–H and O–H groups in total. The summed E-state index contributed by atoms with van der Waals surface area (Å²) >= 11 is 0. The van der Waals surface area contributed by atoms with Crippen LogP contribution < -0.4 is 10.6 Å². The van der Waals surface area contributed by atoms with E-state index in [2.05, 4.69) is 22.5 Å². The first-order valence-electron chi connectivity index (χ1n) is 12.4. The van der Waals surface area contributed by atoms with Crippen molar-refractivity contribution in [2.75, 3.05) is 20.2 Å². The van der Waals surface area contributed by atoms with Gasteiger partial charge in [0.1, 0.15) is 24.4 Å². The van der Waals surface area contributed by atoms with Gasteiger partial charge in [-0.15, -0.1) is 6.58 Å². The Kier molecular flexibility index (Phi) is 7.32. The molecule has 204 valence electrons. The zero-order valence-corrected chi connectivity index (χ0v) is 20.8. The maximum absolute atomic E-state index is 12.2. The molecule has 11 heteroatoms. The number of carbonyl (C=O) groups is 1. The van der Waals surface area contributed by atoms with Gasteiger partial charge in [-0.1, -0.05) is 30.4 Å². The summed E-state index contributed by atoms with van der Waals surface area (Å²) in [7, 11) is 1.94. The number of para-hydroxylation sites is 1. The van der Waals surface area contributed by atoms with Crippen molar-refractivity contribution in [3.05, 3.63) is 59.3 Å². The van der Waals surface area contributed by atoms with Gasteiger partial charge in [0.25, 0.3) is 0 Å². The lowest BCUT2D eigenvalue weighted by atomic mass is 9.80. The molecule has 1 saturated heterocycles. The minimum Gasteiger partial charge on any atom is -0.478 e. The second-order valence-corrected chi connectivity index (χ2v) is 9.83. The normalized spacial score (nSPS) is 33.2. The maximum atomic E-state index is 12.2. The molecular weight excluding hydrogens is 496 g/mol. The Morgan fingerprint density at radius 3 is 2.68 bits per heavy atom. The molecule has 4 heterocycles. The van der Waals surface area contributed by atoms with Crippen LogP contribution in [0, 0.1) is 11.8 Å². The SMILES string of the molecule is C=CC1C(OC2OC(CO)C(O)C(O)C2O)OC=C(C(=O)O)C1CC1=c2[nH]c3ccccc3c2=CCN1C.